The summed E-state index contributed by atoms with van der Waals surface area (Å²) in [5.74, 6) is -0.800. The minimum atomic E-state index is -5.10. The van der Waals surface area contributed by atoms with Gasteiger partial charge >= 0.3 is 15.6 Å². The van der Waals surface area contributed by atoms with Crippen LogP contribution >= 0.6 is 15.6 Å². The van der Waals surface area contributed by atoms with E-state index in [4.69, 9.17) is 19.6 Å². The molecule has 0 aliphatic carbocycles. The Morgan fingerprint density at radius 1 is 1.16 bits per heavy atom. The number of aromatic hydroxyl groups is 1. The smallest absolute Gasteiger partial charge is 0.473 e. The Morgan fingerprint density at radius 2 is 1.68 bits per heavy atom. The van der Waals surface area contributed by atoms with Gasteiger partial charge in [-0.15, -0.1) is 0 Å². The van der Waals surface area contributed by atoms with Crippen LogP contribution in [0, 0.1) is 0 Å². The average molecular weight is 316 g/mol. The van der Waals surface area contributed by atoms with Crippen LogP contribution in [-0.2, 0) is 18.2 Å². The average Bonchev–Trinajstić information content (AvgIpc) is 2.16. The van der Waals surface area contributed by atoms with Gasteiger partial charge in [-0.2, -0.15) is 0 Å². The van der Waals surface area contributed by atoms with E-state index in [1.165, 1.54) is 18.3 Å². The molecule has 1 rings (SSSR count). The van der Waals surface area contributed by atoms with Crippen molar-refractivity contribution in [3.8, 4) is 5.75 Å². The normalized spacial score (nSPS) is 12.7. The summed E-state index contributed by atoms with van der Waals surface area (Å²) >= 11 is 0. The highest BCUT2D eigenvalue weighted by molar-refractivity contribution is 7.47. The number of hydrogen-bond donors (Lipinski definition) is 6. The van der Waals surface area contributed by atoms with Gasteiger partial charge in [-0.3, -0.25) is 0 Å². The van der Waals surface area contributed by atoms with E-state index in [9.17, 15) is 14.2 Å². The first-order chi connectivity index (χ1) is 8.57. The second-order valence-corrected chi connectivity index (χ2v) is 5.42. The molecule has 1 heterocycles. The molecule has 0 saturated heterocycles. The Labute approximate surface area is 106 Å². The lowest BCUT2D eigenvalue weighted by Crippen LogP contribution is -2.25. The summed E-state index contributed by atoms with van der Waals surface area (Å²) in [5.41, 5.74) is 0. The number of rotatable bonds is 6. The quantitative estimate of drug-likeness (QED) is 0.299. The van der Waals surface area contributed by atoms with Gasteiger partial charge in [0.1, 0.15) is 0 Å². The second kappa shape index (κ2) is 5.95. The highest BCUT2D eigenvalue weighted by Crippen LogP contribution is 2.44. The van der Waals surface area contributed by atoms with Crippen molar-refractivity contribution < 1.29 is 42.9 Å². The van der Waals surface area contributed by atoms with E-state index in [0.29, 0.717) is 0 Å². The van der Waals surface area contributed by atoms with Gasteiger partial charge in [-0.1, -0.05) is 0 Å². The molecule has 1 aromatic heterocycles. The molecule has 0 aliphatic rings. The number of aromatic nitrogens is 1. The molecule has 11 nitrogen and oxygen atoms in total. The summed E-state index contributed by atoms with van der Waals surface area (Å²) in [5, 5.41) is 11.3. The zero-order valence-corrected chi connectivity index (χ0v) is 10.8. The van der Waals surface area contributed by atoms with Crippen molar-refractivity contribution in [2.75, 3.05) is 5.32 Å². The van der Waals surface area contributed by atoms with Gasteiger partial charge in [0.2, 0.25) is 0 Å². The summed E-state index contributed by atoms with van der Waals surface area (Å²) in [6, 6.07) is 2.52. The SMILES string of the molecule is O=P(O)(O)OC(Nc1ncccc1O)OP(=O)(O)O. The summed E-state index contributed by atoms with van der Waals surface area (Å²) in [4.78, 5) is 37.8. The monoisotopic (exact) mass is 316 g/mol. The zero-order chi connectivity index (χ0) is 14.7. The first-order valence-corrected chi connectivity index (χ1v) is 7.51. The molecule has 0 unspecified atom stereocenters. The van der Waals surface area contributed by atoms with Gasteiger partial charge in [0, 0.05) is 6.20 Å². The van der Waals surface area contributed by atoms with Crippen molar-refractivity contribution in [3.05, 3.63) is 18.3 Å². The summed E-state index contributed by atoms with van der Waals surface area (Å²) in [6.45, 7) is 0. The van der Waals surface area contributed by atoms with E-state index in [-0.39, 0.29) is 5.82 Å². The van der Waals surface area contributed by atoms with E-state index < -0.39 is 27.8 Å². The fourth-order valence-electron chi connectivity index (χ4n) is 0.941. The second-order valence-electron chi connectivity index (χ2n) is 3.04. The van der Waals surface area contributed by atoms with E-state index in [1.807, 2.05) is 5.32 Å². The molecule has 0 bridgehead atoms. The fourth-order valence-corrected chi connectivity index (χ4v) is 1.70. The van der Waals surface area contributed by atoms with Crippen molar-refractivity contribution in [2.45, 2.75) is 6.41 Å². The number of anilines is 1. The lowest BCUT2D eigenvalue weighted by Gasteiger charge is -2.20. The van der Waals surface area contributed by atoms with Crippen LogP contribution in [0.5, 0.6) is 5.75 Å². The van der Waals surface area contributed by atoms with Gasteiger partial charge in [0.15, 0.2) is 11.6 Å². The van der Waals surface area contributed by atoms with E-state index in [2.05, 4.69) is 14.0 Å². The molecule has 6 N–H and O–H groups in total. The van der Waals surface area contributed by atoms with Crippen LogP contribution in [0.25, 0.3) is 0 Å². The standard InChI is InChI=1S/C6H10N2O9P2/c9-4-2-1-3-7-5(4)8-6(16-18(10,11)12)17-19(13,14)15/h1-3,6,9H,(H,7,8)(H2,10,11,12)(H2,13,14,15). The number of hydrogen-bond acceptors (Lipinski definition) is 7. The molecule has 0 amide bonds. The highest BCUT2D eigenvalue weighted by atomic mass is 31.2. The Bertz CT molecular complexity index is 501. The van der Waals surface area contributed by atoms with Crippen molar-refractivity contribution in [3.63, 3.8) is 0 Å². The van der Waals surface area contributed by atoms with Crippen molar-refractivity contribution in [2.24, 2.45) is 0 Å². The fraction of sp³-hybridized carbons (Fsp3) is 0.167. The van der Waals surface area contributed by atoms with Crippen molar-refractivity contribution in [1.29, 1.82) is 0 Å². The lowest BCUT2D eigenvalue weighted by molar-refractivity contribution is -0.0130. The molecule has 0 radical (unpaired) electrons. The van der Waals surface area contributed by atoms with Gasteiger partial charge in [0.05, 0.1) is 0 Å². The predicted molar refractivity (Wildman–Crippen MR) is 59.6 cm³/mol. The van der Waals surface area contributed by atoms with E-state index >= 15 is 0 Å². The Balaban J connectivity index is 2.89. The first kappa shape index (κ1) is 16.0. The number of nitrogens with one attached hydrogen (secondary N) is 1. The van der Waals surface area contributed by atoms with Crippen LogP contribution in [0.1, 0.15) is 0 Å². The summed E-state index contributed by atoms with van der Waals surface area (Å²) in [6.07, 6.45) is -1.02. The van der Waals surface area contributed by atoms with Gasteiger partial charge in [0.25, 0.3) is 6.41 Å². The molecular weight excluding hydrogens is 306 g/mol. The third-order valence-electron chi connectivity index (χ3n) is 1.51. The largest absolute Gasteiger partial charge is 0.504 e. The van der Waals surface area contributed by atoms with Crippen LogP contribution in [0.3, 0.4) is 0 Å². The number of pyridine rings is 1. The highest BCUT2D eigenvalue weighted by Gasteiger charge is 2.30. The zero-order valence-electron chi connectivity index (χ0n) is 9.02. The summed E-state index contributed by atoms with van der Waals surface area (Å²) in [7, 11) is -10.2. The number of phosphoric ester groups is 2. The molecule has 0 saturated carbocycles. The van der Waals surface area contributed by atoms with E-state index in [0.717, 1.165) is 0 Å². The Hall–Kier alpha value is -1.03. The maximum absolute atomic E-state index is 10.6. The van der Waals surface area contributed by atoms with Crippen LogP contribution in [0.4, 0.5) is 5.82 Å². The topological polar surface area (TPSA) is 179 Å². The number of nitrogens with zero attached hydrogens (tertiary/aromatic N) is 1. The van der Waals surface area contributed by atoms with E-state index in [1.54, 1.807) is 0 Å². The van der Waals surface area contributed by atoms with Gasteiger partial charge < -0.3 is 30.0 Å². The summed E-state index contributed by atoms with van der Waals surface area (Å²) < 4.78 is 29.2. The van der Waals surface area contributed by atoms with Crippen molar-refractivity contribution in [1.82, 2.24) is 4.98 Å². The van der Waals surface area contributed by atoms with Gasteiger partial charge in [-0.25, -0.2) is 23.2 Å². The molecule has 0 fully saturated rings. The molecule has 0 spiro atoms. The minimum absolute atomic E-state index is 0.352. The molecule has 0 aromatic carbocycles. The molecule has 13 heteroatoms. The molecule has 0 atom stereocenters. The van der Waals surface area contributed by atoms with Crippen LogP contribution in [-0.4, -0.2) is 36.1 Å². The number of phosphoric acid groups is 2. The van der Waals surface area contributed by atoms with Crippen LogP contribution in [0.15, 0.2) is 18.3 Å². The molecule has 108 valence electrons. The first-order valence-electron chi connectivity index (χ1n) is 4.45. The Kier molecular flexibility index (Phi) is 5.02. The lowest BCUT2D eigenvalue weighted by atomic mass is 10.4. The molecule has 19 heavy (non-hydrogen) atoms. The molecular formula is C6H10N2O9P2. The maximum Gasteiger partial charge on any atom is 0.473 e. The maximum atomic E-state index is 10.6. The third-order valence-corrected chi connectivity index (χ3v) is 2.44. The molecule has 1 aromatic rings. The minimum Gasteiger partial charge on any atom is -0.504 e. The van der Waals surface area contributed by atoms with Crippen LogP contribution in [0.2, 0.25) is 0 Å². The Morgan fingerprint density at radius 3 is 2.11 bits per heavy atom. The molecule has 0 aliphatic heterocycles. The van der Waals surface area contributed by atoms with Crippen LogP contribution < -0.4 is 5.32 Å². The van der Waals surface area contributed by atoms with Crippen molar-refractivity contribution >= 4 is 21.5 Å². The van der Waals surface area contributed by atoms with Gasteiger partial charge in [-0.05, 0) is 12.1 Å². The third kappa shape index (κ3) is 6.62. The predicted octanol–water partition coefficient (Wildman–Crippen LogP) is -0.299.